The van der Waals surface area contributed by atoms with E-state index in [2.05, 4.69) is 70.3 Å². The van der Waals surface area contributed by atoms with E-state index >= 15 is 0 Å². The van der Waals surface area contributed by atoms with Crippen LogP contribution in [0.25, 0.3) is 0 Å². The van der Waals surface area contributed by atoms with Crippen LogP contribution in [-0.2, 0) is 19.6 Å². The van der Waals surface area contributed by atoms with Crippen LogP contribution < -0.4 is 10.6 Å². The second-order valence-electron chi connectivity index (χ2n) is 6.44. The predicted octanol–water partition coefficient (Wildman–Crippen LogP) is 3.80. The van der Waals surface area contributed by atoms with Crippen molar-refractivity contribution in [2.45, 2.75) is 40.4 Å². The molecule has 2 heterocycles. The topological polar surface area (TPSA) is 67.1 Å². The highest BCUT2D eigenvalue weighted by Crippen LogP contribution is 2.15. The lowest BCUT2D eigenvalue weighted by Crippen LogP contribution is -2.36. The number of guanidine groups is 1. The van der Waals surface area contributed by atoms with Crippen LogP contribution >= 0.6 is 35.3 Å². The van der Waals surface area contributed by atoms with Crippen molar-refractivity contribution in [1.82, 2.24) is 25.4 Å². The lowest BCUT2D eigenvalue weighted by atomic mass is 10.2. The molecule has 0 atom stereocenters. The molecule has 0 fully saturated rings. The van der Waals surface area contributed by atoms with Gasteiger partial charge in [-0.3, -0.25) is 9.67 Å². The van der Waals surface area contributed by atoms with Gasteiger partial charge in [-0.05, 0) is 26.3 Å². The van der Waals surface area contributed by atoms with Crippen LogP contribution in [0.2, 0.25) is 0 Å². The second kappa shape index (κ2) is 10.6. The van der Waals surface area contributed by atoms with Crippen LogP contribution in [0.4, 0.5) is 0 Å². The van der Waals surface area contributed by atoms with E-state index in [0.717, 1.165) is 23.2 Å². The van der Waals surface area contributed by atoms with Crippen molar-refractivity contribution in [1.29, 1.82) is 0 Å². The van der Waals surface area contributed by atoms with Gasteiger partial charge in [0.15, 0.2) is 5.96 Å². The van der Waals surface area contributed by atoms with Crippen LogP contribution in [0.1, 0.15) is 32.4 Å². The highest BCUT2D eigenvalue weighted by molar-refractivity contribution is 14.0. The number of aliphatic imine (C=N–C) groups is 1. The summed E-state index contributed by atoms with van der Waals surface area (Å²) in [6, 6.07) is 10.4. The molecule has 2 N–H and O–H groups in total. The summed E-state index contributed by atoms with van der Waals surface area (Å²) >= 11 is 1.69. The summed E-state index contributed by atoms with van der Waals surface area (Å²) in [7, 11) is 1.78. The van der Waals surface area contributed by atoms with E-state index in [4.69, 9.17) is 5.10 Å². The van der Waals surface area contributed by atoms with Crippen LogP contribution in [0, 0.1) is 20.8 Å². The molecule has 0 radical (unpaired) electrons. The summed E-state index contributed by atoms with van der Waals surface area (Å²) in [4.78, 5) is 9.89. The number of rotatable bonds is 6. The maximum atomic E-state index is 4.71. The van der Waals surface area contributed by atoms with Crippen molar-refractivity contribution in [3.63, 3.8) is 0 Å². The lowest BCUT2D eigenvalue weighted by Gasteiger charge is -2.11. The fourth-order valence-corrected chi connectivity index (χ4v) is 3.66. The highest BCUT2D eigenvalue weighted by atomic mass is 127. The Hall–Kier alpha value is -1.94. The number of nitrogens with one attached hydrogen (secondary N) is 2. The summed E-state index contributed by atoms with van der Waals surface area (Å²) in [6.07, 6.45) is 1.89. The molecule has 1 aromatic carbocycles. The van der Waals surface area contributed by atoms with Gasteiger partial charge in [0.2, 0.25) is 0 Å². The maximum Gasteiger partial charge on any atom is 0.191 e. The molecule has 0 saturated carbocycles. The van der Waals surface area contributed by atoms with Crippen molar-refractivity contribution < 1.29 is 0 Å². The molecule has 6 nitrogen and oxygen atoms in total. The van der Waals surface area contributed by atoms with Crippen LogP contribution in [0.15, 0.2) is 41.5 Å². The van der Waals surface area contributed by atoms with E-state index in [9.17, 15) is 0 Å². The molecule has 3 rings (SSSR count). The van der Waals surface area contributed by atoms with Gasteiger partial charge in [-0.2, -0.15) is 5.10 Å². The van der Waals surface area contributed by atoms with Gasteiger partial charge < -0.3 is 10.6 Å². The number of nitrogens with zero attached hydrogens (tertiary/aromatic N) is 4. The monoisotopic (exact) mass is 510 g/mol. The zero-order chi connectivity index (χ0) is 19.2. The number of thiazole rings is 1. The number of hydrogen-bond donors (Lipinski definition) is 2. The van der Waals surface area contributed by atoms with E-state index in [-0.39, 0.29) is 24.0 Å². The summed E-state index contributed by atoms with van der Waals surface area (Å²) in [5, 5.41) is 12.5. The Morgan fingerprint density at radius 3 is 2.46 bits per heavy atom. The fourth-order valence-electron chi connectivity index (χ4n) is 2.94. The third kappa shape index (κ3) is 5.78. The Kier molecular flexibility index (Phi) is 8.43. The zero-order valence-corrected chi connectivity index (χ0v) is 19.8. The molecule has 0 aliphatic rings. The fraction of sp³-hybridized carbons (Fsp3) is 0.350. The number of aromatic nitrogens is 3. The minimum absolute atomic E-state index is 0. The first-order valence-corrected chi connectivity index (χ1v) is 9.81. The third-order valence-corrected chi connectivity index (χ3v) is 5.35. The molecule has 8 heteroatoms. The Labute approximate surface area is 187 Å². The Morgan fingerprint density at radius 1 is 1.11 bits per heavy atom. The van der Waals surface area contributed by atoms with Gasteiger partial charge in [-0.1, -0.05) is 30.3 Å². The first-order chi connectivity index (χ1) is 13.1. The van der Waals surface area contributed by atoms with Crippen molar-refractivity contribution in [3.8, 4) is 0 Å². The van der Waals surface area contributed by atoms with E-state index < -0.39 is 0 Å². The molecule has 0 bridgehead atoms. The largest absolute Gasteiger partial charge is 0.352 e. The van der Waals surface area contributed by atoms with Crippen molar-refractivity contribution in [2.75, 3.05) is 7.05 Å². The van der Waals surface area contributed by atoms with Gasteiger partial charge in [0.1, 0.15) is 5.01 Å². The first kappa shape index (κ1) is 22.4. The summed E-state index contributed by atoms with van der Waals surface area (Å²) in [5.41, 5.74) is 4.68. The number of halogens is 1. The van der Waals surface area contributed by atoms with E-state index in [1.165, 1.54) is 21.7 Å². The number of aryl methyl sites for hydroxylation is 2. The second-order valence-corrected chi connectivity index (χ2v) is 7.76. The SMILES string of the molecule is CN=C(NCc1ncc(C)s1)NCc1c(C)nn(Cc2ccccc2)c1C.I. The summed E-state index contributed by atoms with van der Waals surface area (Å²) < 4.78 is 2.07. The van der Waals surface area contributed by atoms with Crippen molar-refractivity contribution >= 4 is 41.3 Å². The lowest BCUT2D eigenvalue weighted by molar-refractivity contribution is 0.657. The van der Waals surface area contributed by atoms with Gasteiger partial charge in [-0.15, -0.1) is 35.3 Å². The first-order valence-electron chi connectivity index (χ1n) is 8.99. The minimum atomic E-state index is 0. The van der Waals surface area contributed by atoms with Crippen molar-refractivity contribution in [2.24, 2.45) is 4.99 Å². The van der Waals surface area contributed by atoms with Crippen LogP contribution in [0.3, 0.4) is 0 Å². The molecular formula is C20H27IN6S. The third-order valence-electron chi connectivity index (χ3n) is 4.44. The molecular weight excluding hydrogens is 483 g/mol. The Balaban J connectivity index is 0.00000280. The average Bonchev–Trinajstić information content (AvgIpc) is 3.20. The molecule has 3 aromatic rings. The Morgan fingerprint density at radius 2 is 1.82 bits per heavy atom. The number of hydrogen-bond acceptors (Lipinski definition) is 4. The molecule has 0 unspecified atom stereocenters. The van der Waals surface area contributed by atoms with E-state index in [1.807, 2.05) is 12.3 Å². The highest BCUT2D eigenvalue weighted by Gasteiger charge is 2.12. The molecule has 2 aromatic heterocycles. The zero-order valence-electron chi connectivity index (χ0n) is 16.7. The Bertz CT molecular complexity index is 916. The normalized spacial score (nSPS) is 11.2. The van der Waals surface area contributed by atoms with Crippen LogP contribution in [0.5, 0.6) is 0 Å². The predicted molar refractivity (Wildman–Crippen MR) is 127 cm³/mol. The molecule has 150 valence electrons. The van der Waals surface area contributed by atoms with Gasteiger partial charge in [0.25, 0.3) is 0 Å². The molecule has 28 heavy (non-hydrogen) atoms. The van der Waals surface area contributed by atoms with Gasteiger partial charge in [0.05, 0.1) is 18.8 Å². The summed E-state index contributed by atoms with van der Waals surface area (Å²) in [5.74, 6) is 0.762. The number of benzene rings is 1. The average molecular weight is 510 g/mol. The van der Waals surface area contributed by atoms with E-state index in [1.54, 1.807) is 18.4 Å². The van der Waals surface area contributed by atoms with Crippen LogP contribution in [-0.4, -0.2) is 27.8 Å². The summed E-state index contributed by atoms with van der Waals surface area (Å²) in [6.45, 7) is 8.37. The smallest absolute Gasteiger partial charge is 0.191 e. The quantitative estimate of drug-likeness (QED) is 0.301. The molecule has 0 aliphatic carbocycles. The minimum Gasteiger partial charge on any atom is -0.352 e. The van der Waals surface area contributed by atoms with Gasteiger partial charge >= 0.3 is 0 Å². The van der Waals surface area contributed by atoms with Gasteiger partial charge in [-0.25, -0.2) is 4.98 Å². The molecule has 0 aliphatic heterocycles. The molecule has 0 amide bonds. The maximum absolute atomic E-state index is 4.71. The van der Waals surface area contributed by atoms with E-state index in [0.29, 0.717) is 13.1 Å². The van der Waals surface area contributed by atoms with Gasteiger partial charge in [0, 0.05) is 35.9 Å². The standard InChI is InChI=1S/C20H26N6S.HI/c1-14-10-22-19(27-14)12-24-20(21-4)23-11-18-15(2)25-26(16(18)3)13-17-8-6-5-7-9-17;/h5-10H,11-13H2,1-4H3,(H2,21,23,24);1H. The molecule has 0 spiro atoms. The van der Waals surface area contributed by atoms with Crippen molar-refractivity contribution in [3.05, 3.63) is 68.9 Å². The molecule has 0 saturated heterocycles.